The van der Waals surface area contributed by atoms with Gasteiger partial charge in [0.25, 0.3) is 0 Å². The Morgan fingerprint density at radius 2 is 2.25 bits per heavy atom. The first-order valence-electron chi connectivity index (χ1n) is 9.13. The third-order valence-corrected chi connectivity index (χ3v) is 5.91. The summed E-state index contributed by atoms with van der Waals surface area (Å²) < 4.78 is 0. The number of aliphatic hydroxyl groups excluding tert-OH is 1. The molecule has 2 aliphatic rings. The number of likely N-dealkylation sites (tertiary alicyclic amines) is 1. The van der Waals surface area contributed by atoms with Crippen LogP contribution >= 0.6 is 0 Å². The number of hydrogen-bond acceptors (Lipinski definition) is 3. The van der Waals surface area contributed by atoms with Crippen LogP contribution in [-0.4, -0.2) is 46.5 Å². The molecule has 4 rings (SSSR count). The van der Waals surface area contributed by atoms with Gasteiger partial charge in [-0.05, 0) is 48.9 Å². The number of aliphatic hydroxyl groups is 1. The van der Waals surface area contributed by atoms with Crippen LogP contribution in [0.25, 0.3) is 10.9 Å². The number of carbonyl (C=O) groups is 1. The largest absolute Gasteiger partial charge is 0.396 e. The number of benzene rings is 1. The summed E-state index contributed by atoms with van der Waals surface area (Å²) in [5, 5.41) is 11.0. The van der Waals surface area contributed by atoms with Crippen LogP contribution in [0.2, 0.25) is 0 Å². The Morgan fingerprint density at radius 3 is 2.96 bits per heavy atom. The third-order valence-electron chi connectivity index (χ3n) is 5.91. The molecule has 24 heavy (non-hydrogen) atoms. The molecule has 1 aromatic carbocycles. The van der Waals surface area contributed by atoms with Gasteiger partial charge in [0.1, 0.15) is 0 Å². The lowest BCUT2D eigenvalue weighted by molar-refractivity contribution is 0.0570. The van der Waals surface area contributed by atoms with E-state index in [-0.39, 0.29) is 12.4 Å². The molecular weight excluding hydrogens is 300 g/mol. The van der Waals surface area contributed by atoms with Gasteiger partial charge in [0, 0.05) is 42.9 Å². The zero-order valence-corrected chi connectivity index (χ0v) is 14.5. The molecule has 0 amide bonds. The maximum absolute atomic E-state index is 12.1. The summed E-state index contributed by atoms with van der Waals surface area (Å²) in [6, 6.07) is 6.84. The van der Waals surface area contributed by atoms with Crippen LogP contribution in [0.5, 0.6) is 0 Å². The monoisotopic (exact) mass is 326 g/mol. The molecule has 1 aromatic heterocycles. The third kappa shape index (κ3) is 2.32. The number of H-pyrrole nitrogens is 1. The van der Waals surface area contributed by atoms with Crippen LogP contribution in [0, 0.1) is 5.92 Å². The number of nitrogens with one attached hydrogen (secondary N) is 1. The van der Waals surface area contributed by atoms with E-state index in [1.54, 1.807) is 6.92 Å². The predicted octanol–water partition coefficient (Wildman–Crippen LogP) is 3.10. The maximum Gasteiger partial charge on any atom is 0.176 e. The van der Waals surface area contributed by atoms with Crippen molar-refractivity contribution in [3.63, 3.8) is 0 Å². The van der Waals surface area contributed by atoms with E-state index >= 15 is 0 Å². The fourth-order valence-electron chi connectivity index (χ4n) is 4.96. The minimum atomic E-state index is 0.122. The molecule has 2 N–H and O–H groups in total. The van der Waals surface area contributed by atoms with Gasteiger partial charge < -0.3 is 10.1 Å². The number of aromatic amines is 1. The number of fused-ring (bicyclic) bond motifs is 2. The van der Waals surface area contributed by atoms with E-state index in [1.165, 1.54) is 16.5 Å². The molecule has 1 unspecified atom stereocenters. The van der Waals surface area contributed by atoms with Crippen molar-refractivity contribution < 1.29 is 9.90 Å². The van der Waals surface area contributed by atoms with Gasteiger partial charge in [0.05, 0.1) is 5.69 Å². The van der Waals surface area contributed by atoms with Crippen molar-refractivity contribution in [2.75, 3.05) is 19.7 Å². The second-order valence-corrected chi connectivity index (χ2v) is 7.46. The fourth-order valence-corrected chi connectivity index (χ4v) is 4.96. The van der Waals surface area contributed by atoms with Crippen molar-refractivity contribution in [2.45, 2.75) is 45.1 Å². The first-order valence-corrected chi connectivity index (χ1v) is 9.13. The first kappa shape index (κ1) is 15.9. The maximum atomic E-state index is 12.1. The normalized spacial score (nSPS) is 26.5. The van der Waals surface area contributed by atoms with Crippen LogP contribution in [-0.2, 0) is 6.42 Å². The van der Waals surface area contributed by atoms with Gasteiger partial charge in [-0.15, -0.1) is 0 Å². The standard InChI is InChI=1S/C20H26N2O2/c1-3-7-22-10-13(11-23)8-15-14-5-4-6-17-19(14)16(9-18(15)22)20(21-17)12(2)24/h4-6,13,15,18,21,23H,3,7-11H2,1-2H3/t13-,15?,18-/m1/s1. The Labute approximate surface area is 142 Å². The van der Waals surface area contributed by atoms with E-state index in [0.717, 1.165) is 43.6 Å². The molecule has 0 radical (unpaired) electrons. The van der Waals surface area contributed by atoms with Crippen LogP contribution in [0.3, 0.4) is 0 Å². The van der Waals surface area contributed by atoms with Crippen molar-refractivity contribution in [1.82, 2.24) is 9.88 Å². The van der Waals surface area contributed by atoms with E-state index in [4.69, 9.17) is 0 Å². The van der Waals surface area contributed by atoms with Crippen molar-refractivity contribution >= 4 is 16.7 Å². The average molecular weight is 326 g/mol. The van der Waals surface area contributed by atoms with Crippen LogP contribution in [0.4, 0.5) is 0 Å². The molecule has 1 aliphatic carbocycles. The number of carbonyl (C=O) groups excluding carboxylic acids is 1. The van der Waals surface area contributed by atoms with Crippen molar-refractivity contribution in [3.8, 4) is 0 Å². The molecule has 0 saturated carbocycles. The molecule has 2 heterocycles. The quantitative estimate of drug-likeness (QED) is 0.849. The van der Waals surface area contributed by atoms with Gasteiger partial charge in [0.15, 0.2) is 5.78 Å². The molecule has 0 bridgehead atoms. The number of ketones is 1. The molecule has 4 heteroatoms. The molecular formula is C20H26N2O2. The topological polar surface area (TPSA) is 56.3 Å². The summed E-state index contributed by atoms with van der Waals surface area (Å²) in [6.07, 6.45) is 3.10. The number of Topliss-reactive ketones (excluding diaryl/α,β-unsaturated/α-hetero) is 1. The summed E-state index contributed by atoms with van der Waals surface area (Å²) in [5.41, 5.74) is 4.44. The fraction of sp³-hybridized carbons (Fsp3) is 0.550. The molecule has 4 nitrogen and oxygen atoms in total. The Kier molecular flexibility index (Phi) is 3.97. The smallest absolute Gasteiger partial charge is 0.176 e. The van der Waals surface area contributed by atoms with E-state index in [1.807, 2.05) is 0 Å². The summed E-state index contributed by atoms with van der Waals surface area (Å²) >= 11 is 0. The van der Waals surface area contributed by atoms with Gasteiger partial charge in [-0.25, -0.2) is 0 Å². The number of rotatable bonds is 4. The molecule has 2 aromatic rings. The van der Waals surface area contributed by atoms with Gasteiger partial charge in [0.2, 0.25) is 0 Å². The first-order chi connectivity index (χ1) is 11.6. The van der Waals surface area contributed by atoms with Crippen LogP contribution in [0.1, 0.15) is 54.2 Å². The van der Waals surface area contributed by atoms with Gasteiger partial charge >= 0.3 is 0 Å². The van der Waals surface area contributed by atoms with Gasteiger partial charge in [-0.2, -0.15) is 0 Å². The van der Waals surface area contributed by atoms with Crippen molar-refractivity contribution in [2.24, 2.45) is 5.92 Å². The van der Waals surface area contributed by atoms with Crippen LogP contribution < -0.4 is 0 Å². The lowest BCUT2D eigenvalue weighted by Crippen LogP contribution is -2.51. The highest BCUT2D eigenvalue weighted by Crippen LogP contribution is 2.45. The number of piperidine rings is 1. The predicted molar refractivity (Wildman–Crippen MR) is 95.6 cm³/mol. The van der Waals surface area contributed by atoms with E-state index in [0.29, 0.717) is 17.9 Å². The van der Waals surface area contributed by atoms with Crippen LogP contribution in [0.15, 0.2) is 18.2 Å². The van der Waals surface area contributed by atoms with Crippen molar-refractivity contribution in [3.05, 3.63) is 35.0 Å². The second kappa shape index (κ2) is 6.01. The second-order valence-electron chi connectivity index (χ2n) is 7.46. The van der Waals surface area contributed by atoms with Crippen molar-refractivity contribution in [1.29, 1.82) is 0 Å². The van der Waals surface area contributed by atoms with E-state index in [9.17, 15) is 9.90 Å². The summed E-state index contributed by atoms with van der Waals surface area (Å²) in [5.74, 6) is 0.923. The molecule has 1 fully saturated rings. The molecule has 1 aliphatic heterocycles. The van der Waals surface area contributed by atoms with E-state index < -0.39 is 0 Å². The lowest BCUT2D eigenvalue weighted by atomic mass is 9.72. The molecule has 3 atom stereocenters. The summed E-state index contributed by atoms with van der Waals surface area (Å²) in [4.78, 5) is 18.0. The Hall–Kier alpha value is -1.65. The van der Waals surface area contributed by atoms with Gasteiger partial charge in [-0.3, -0.25) is 9.69 Å². The Bertz CT molecular complexity index is 779. The number of nitrogens with zero attached hydrogens (tertiary/aromatic N) is 1. The lowest BCUT2D eigenvalue weighted by Gasteiger charge is -2.47. The highest BCUT2D eigenvalue weighted by atomic mass is 16.3. The van der Waals surface area contributed by atoms with Gasteiger partial charge in [-0.1, -0.05) is 19.1 Å². The Balaban J connectivity index is 1.86. The average Bonchev–Trinajstić information content (AvgIpc) is 2.96. The highest BCUT2D eigenvalue weighted by molar-refractivity contribution is 6.02. The van der Waals surface area contributed by atoms with E-state index in [2.05, 4.69) is 35.0 Å². The molecule has 128 valence electrons. The molecule has 1 saturated heterocycles. The minimum Gasteiger partial charge on any atom is -0.396 e. The summed E-state index contributed by atoms with van der Waals surface area (Å²) in [6.45, 7) is 6.15. The Morgan fingerprint density at radius 1 is 1.42 bits per heavy atom. The zero-order valence-electron chi connectivity index (χ0n) is 14.5. The number of aromatic nitrogens is 1. The zero-order chi connectivity index (χ0) is 16.8. The molecule has 0 spiro atoms. The number of hydrogen-bond donors (Lipinski definition) is 2. The summed E-state index contributed by atoms with van der Waals surface area (Å²) in [7, 11) is 0. The highest BCUT2D eigenvalue weighted by Gasteiger charge is 2.41. The minimum absolute atomic E-state index is 0.122. The SMILES string of the molecule is CCCN1C[C@H](CO)CC2c3cccc4[nH]c(C(C)=O)c(c34)C[C@H]21.